The third-order valence-corrected chi connectivity index (χ3v) is 3.98. The second kappa shape index (κ2) is 7.57. The van der Waals surface area contributed by atoms with E-state index in [1.54, 1.807) is 0 Å². The average molecular weight is 312 g/mol. The molecule has 0 unspecified atom stereocenters. The third kappa shape index (κ3) is 4.81. The normalized spacial score (nSPS) is 10.7. The summed E-state index contributed by atoms with van der Waals surface area (Å²) in [4.78, 5) is 12.0. The minimum Gasteiger partial charge on any atom is -0.352 e. The Hall–Kier alpha value is -0.830. The summed E-state index contributed by atoms with van der Waals surface area (Å²) in [5, 5.41) is 2.97. The molecule has 100 valence electrons. The molecule has 3 heteroatoms. The molecular formula is C15H22BrNO. The average Bonchev–Trinajstić information content (AvgIpc) is 2.31. The predicted molar refractivity (Wildman–Crippen MR) is 79.9 cm³/mol. The lowest BCUT2D eigenvalue weighted by Crippen LogP contribution is -2.25. The van der Waals surface area contributed by atoms with Crippen LogP contribution in [0.1, 0.15) is 49.0 Å². The van der Waals surface area contributed by atoms with Gasteiger partial charge in [0.25, 0.3) is 5.91 Å². The molecule has 0 atom stereocenters. The van der Waals surface area contributed by atoms with Gasteiger partial charge < -0.3 is 5.32 Å². The van der Waals surface area contributed by atoms with Crippen LogP contribution < -0.4 is 5.32 Å². The minimum atomic E-state index is 0.00937. The first-order valence-corrected chi connectivity index (χ1v) is 7.35. The van der Waals surface area contributed by atoms with Gasteiger partial charge in [-0.25, -0.2) is 0 Å². The van der Waals surface area contributed by atoms with Crippen molar-refractivity contribution in [1.29, 1.82) is 0 Å². The molecule has 0 aliphatic carbocycles. The van der Waals surface area contributed by atoms with Crippen LogP contribution in [0.2, 0.25) is 0 Å². The first-order valence-electron chi connectivity index (χ1n) is 6.55. The summed E-state index contributed by atoms with van der Waals surface area (Å²) in [5.41, 5.74) is 1.81. The molecule has 18 heavy (non-hydrogen) atoms. The maximum atomic E-state index is 12.0. The van der Waals surface area contributed by atoms with E-state index in [0.29, 0.717) is 0 Å². The zero-order valence-electron chi connectivity index (χ0n) is 11.4. The molecule has 2 nitrogen and oxygen atoms in total. The molecule has 0 radical (unpaired) electrons. The van der Waals surface area contributed by atoms with Crippen LogP contribution in [0, 0.1) is 12.8 Å². The van der Waals surface area contributed by atoms with E-state index in [2.05, 4.69) is 35.1 Å². The van der Waals surface area contributed by atoms with Crippen molar-refractivity contribution in [2.24, 2.45) is 5.92 Å². The summed E-state index contributed by atoms with van der Waals surface area (Å²) >= 11 is 3.46. The van der Waals surface area contributed by atoms with Gasteiger partial charge in [-0.15, -0.1) is 0 Å². The summed E-state index contributed by atoms with van der Waals surface area (Å²) in [6.07, 6.45) is 3.45. The Morgan fingerprint density at radius 2 is 2.06 bits per heavy atom. The highest BCUT2D eigenvalue weighted by Gasteiger charge is 2.10. The Balaban J connectivity index is 2.39. The molecule has 0 saturated heterocycles. The highest BCUT2D eigenvalue weighted by Crippen LogP contribution is 2.20. The molecule has 0 aliphatic rings. The van der Waals surface area contributed by atoms with Gasteiger partial charge in [0.05, 0.1) is 5.56 Å². The van der Waals surface area contributed by atoms with E-state index in [1.807, 2.05) is 25.1 Å². The number of hydrogen-bond donors (Lipinski definition) is 1. The van der Waals surface area contributed by atoms with Crippen LogP contribution in [0.4, 0.5) is 0 Å². The Labute approximate surface area is 118 Å². The predicted octanol–water partition coefficient (Wildman–Crippen LogP) is 4.31. The molecule has 1 rings (SSSR count). The number of amides is 1. The van der Waals surface area contributed by atoms with Gasteiger partial charge in [-0.05, 0) is 46.8 Å². The molecule has 0 heterocycles. The lowest BCUT2D eigenvalue weighted by molar-refractivity contribution is 0.0952. The van der Waals surface area contributed by atoms with E-state index in [9.17, 15) is 4.79 Å². The Morgan fingerprint density at radius 3 is 2.72 bits per heavy atom. The number of nitrogens with one attached hydrogen (secondary N) is 1. The van der Waals surface area contributed by atoms with E-state index >= 15 is 0 Å². The maximum Gasteiger partial charge on any atom is 0.252 e. The van der Waals surface area contributed by atoms with E-state index in [1.165, 1.54) is 12.8 Å². The largest absolute Gasteiger partial charge is 0.352 e. The number of halogens is 1. The van der Waals surface area contributed by atoms with Crippen LogP contribution >= 0.6 is 15.9 Å². The second-order valence-corrected chi connectivity index (χ2v) is 5.87. The summed E-state index contributed by atoms with van der Waals surface area (Å²) in [6, 6.07) is 5.75. The molecular weight excluding hydrogens is 290 g/mol. The van der Waals surface area contributed by atoms with Crippen molar-refractivity contribution in [2.45, 2.75) is 40.0 Å². The van der Waals surface area contributed by atoms with Crippen molar-refractivity contribution >= 4 is 21.8 Å². The summed E-state index contributed by atoms with van der Waals surface area (Å²) in [5.74, 6) is 0.752. The molecule has 1 aromatic rings. The highest BCUT2D eigenvalue weighted by molar-refractivity contribution is 9.10. The lowest BCUT2D eigenvalue weighted by atomic mass is 10.1. The number of aryl methyl sites for hydroxylation is 1. The SMILES string of the molecule is Cc1cccc(C(=O)NCCCCC(C)C)c1Br. The fraction of sp³-hybridized carbons (Fsp3) is 0.533. The molecule has 0 fully saturated rings. The molecule has 1 amide bonds. The molecule has 0 saturated carbocycles. The molecule has 0 aromatic heterocycles. The van der Waals surface area contributed by atoms with Crippen molar-refractivity contribution in [1.82, 2.24) is 5.32 Å². The number of unbranched alkanes of at least 4 members (excludes halogenated alkanes) is 1. The molecule has 1 aromatic carbocycles. The first-order chi connectivity index (χ1) is 8.52. The van der Waals surface area contributed by atoms with Crippen molar-refractivity contribution in [3.05, 3.63) is 33.8 Å². The van der Waals surface area contributed by atoms with Gasteiger partial charge in [-0.3, -0.25) is 4.79 Å². The number of benzene rings is 1. The Morgan fingerprint density at radius 1 is 1.33 bits per heavy atom. The van der Waals surface area contributed by atoms with Crippen LogP contribution in [0.3, 0.4) is 0 Å². The highest BCUT2D eigenvalue weighted by atomic mass is 79.9. The van der Waals surface area contributed by atoms with Gasteiger partial charge >= 0.3 is 0 Å². The van der Waals surface area contributed by atoms with E-state index < -0.39 is 0 Å². The topological polar surface area (TPSA) is 29.1 Å². The van der Waals surface area contributed by atoms with Crippen LogP contribution in [-0.2, 0) is 0 Å². The van der Waals surface area contributed by atoms with Gasteiger partial charge in [-0.1, -0.05) is 38.8 Å². The Bertz CT molecular complexity index is 401. The van der Waals surface area contributed by atoms with Crippen LogP contribution in [0.25, 0.3) is 0 Å². The minimum absolute atomic E-state index is 0.00937. The third-order valence-electron chi connectivity index (χ3n) is 2.93. The van der Waals surface area contributed by atoms with Crippen LogP contribution in [0.5, 0.6) is 0 Å². The van der Waals surface area contributed by atoms with E-state index in [4.69, 9.17) is 0 Å². The zero-order valence-corrected chi connectivity index (χ0v) is 13.0. The summed E-state index contributed by atoms with van der Waals surface area (Å²) < 4.78 is 0.893. The van der Waals surface area contributed by atoms with Gasteiger partial charge in [0.15, 0.2) is 0 Å². The molecule has 0 bridgehead atoms. The number of rotatable bonds is 6. The van der Waals surface area contributed by atoms with Crippen LogP contribution in [0.15, 0.2) is 22.7 Å². The standard InChI is InChI=1S/C15H22BrNO/c1-11(2)7-4-5-10-17-15(18)13-9-6-8-12(3)14(13)16/h6,8-9,11H,4-5,7,10H2,1-3H3,(H,17,18). The lowest BCUT2D eigenvalue weighted by Gasteiger charge is -2.09. The number of carbonyl (C=O) groups excluding carboxylic acids is 1. The van der Waals surface area contributed by atoms with Gasteiger partial charge in [-0.2, -0.15) is 0 Å². The fourth-order valence-electron chi connectivity index (χ4n) is 1.80. The maximum absolute atomic E-state index is 12.0. The van der Waals surface area contributed by atoms with Crippen molar-refractivity contribution in [3.8, 4) is 0 Å². The van der Waals surface area contributed by atoms with Crippen molar-refractivity contribution in [2.75, 3.05) is 6.54 Å². The van der Waals surface area contributed by atoms with Crippen molar-refractivity contribution in [3.63, 3.8) is 0 Å². The fourth-order valence-corrected chi connectivity index (χ4v) is 2.24. The zero-order chi connectivity index (χ0) is 13.5. The molecule has 1 N–H and O–H groups in total. The first kappa shape index (κ1) is 15.2. The summed E-state index contributed by atoms with van der Waals surface area (Å²) in [7, 11) is 0. The number of carbonyl (C=O) groups is 1. The smallest absolute Gasteiger partial charge is 0.252 e. The quantitative estimate of drug-likeness (QED) is 0.779. The van der Waals surface area contributed by atoms with E-state index in [0.717, 1.165) is 34.5 Å². The monoisotopic (exact) mass is 311 g/mol. The van der Waals surface area contributed by atoms with Gasteiger partial charge in [0.1, 0.15) is 0 Å². The van der Waals surface area contributed by atoms with Crippen molar-refractivity contribution < 1.29 is 4.79 Å². The summed E-state index contributed by atoms with van der Waals surface area (Å²) in [6.45, 7) is 7.19. The van der Waals surface area contributed by atoms with Gasteiger partial charge in [0, 0.05) is 11.0 Å². The molecule has 0 spiro atoms. The Kier molecular flexibility index (Phi) is 6.41. The van der Waals surface area contributed by atoms with Crippen LogP contribution in [-0.4, -0.2) is 12.5 Å². The second-order valence-electron chi connectivity index (χ2n) is 5.08. The molecule has 0 aliphatic heterocycles. The number of hydrogen-bond acceptors (Lipinski definition) is 1. The van der Waals surface area contributed by atoms with Gasteiger partial charge in [0.2, 0.25) is 0 Å². The van der Waals surface area contributed by atoms with E-state index in [-0.39, 0.29) is 5.91 Å².